The van der Waals surface area contributed by atoms with E-state index in [9.17, 15) is 14.9 Å². The Balaban J connectivity index is 1.32. The van der Waals surface area contributed by atoms with Gasteiger partial charge in [0.25, 0.3) is 5.69 Å². The summed E-state index contributed by atoms with van der Waals surface area (Å²) in [4.78, 5) is 41.5. The second kappa shape index (κ2) is 11.4. The maximum absolute atomic E-state index is 12.8. The molecule has 0 radical (unpaired) electrons. The average molecular weight is 520 g/mol. The summed E-state index contributed by atoms with van der Waals surface area (Å²) in [6, 6.07) is 6.77. The number of carbonyl (C=O) groups excluding carboxylic acids is 1. The lowest BCUT2D eigenvalue weighted by atomic mass is 9.96. The van der Waals surface area contributed by atoms with E-state index >= 15 is 0 Å². The van der Waals surface area contributed by atoms with Crippen LogP contribution in [0.2, 0.25) is 0 Å². The monoisotopic (exact) mass is 519 g/mol. The number of aromatic nitrogens is 4. The van der Waals surface area contributed by atoms with E-state index in [-0.39, 0.29) is 17.8 Å². The summed E-state index contributed by atoms with van der Waals surface area (Å²) in [5.74, 6) is 1.19. The van der Waals surface area contributed by atoms with E-state index in [1.165, 1.54) is 31.4 Å². The van der Waals surface area contributed by atoms with Crippen LogP contribution in [-0.2, 0) is 6.54 Å². The first kappa shape index (κ1) is 25.4. The van der Waals surface area contributed by atoms with Crippen molar-refractivity contribution in [2.75, 3.05) is 42.9 Å². The normalized spacial score (nSPS) is 16.4. The van der Waals surface area contributed by atoms with Gasteiger partial charge >= 0.3 is 6.03 Å². The predicted octanol–water partition coefficient (Wildman–Crippen LogP) is 3.55. The Morgan fingerprint density at radius 3 is 2.53 bits per heavy atom. The maximum Gasteiger partial charge on any atom is 0.317 e. The number of fused-ring (bicyclic) bond motifs is 1. The van der Waals surface area contributed by atoms with E-state index < -0.39 is 4.92 Å². The van der Waals surface area contributed by atoms with E-state index in [2.05, 4.69) is 27.1 Å². The van der Waals surface area contributed by atoms with Crippen molar-refractivity contribution in [2.45, 2.75) is 44.7 Å². The van der Waals surface area contributed by atoms with Gasteiger partial charge in [-0.05, 0) is 18.4 Å². The molecule has 1 saturated heterocycles. The molecule has 0 unspecified atom stereocenters. The number of nitrogens with zero attached hydrogens (tertiary/aromatic N) is 7. The second-order valence-electron chi connectivity index (χ2n) is 9.77. The number of nitrogens with one attached hydrogen (secondary N) is 2. The Morgan fingerprint density at radius 1 is 1.11 bits per heavy atom. The zero-order chi connectivity index (χ0) is 26.5. The van der Waals surface area contributed by atoms with Crippen molar-refractivity contribution in [2.24, 2.45) is 0 Å². The standard InChI is InChI=1S/C26H33N9O3/c1-2-12-27-23-22-24(34(18-28-22)17-19-8-10-21(11-9-19)35(37)38)31-25(30-23)32-13-15-33(16-14-32)26(36)29-20-6-4-3-5-7-20/h2,8-11,18,20H,1,3-7,12-17H2,(H,29,36)(H,27,30,31). The fourth-order valence-corrected chi connectivity index (χ4v) is 5.02. The number of hydrogen-bond acceptors (Lipinski definition) is 8. The number of benzene rings is 1. The quantitative estimate of drug-likeness (QED) is 0.262. The number of hydrogen-bond donors (Lipinski definition) is 2. The first-order valence-corrected chi connectivity index (χ1v) is 13.1. The Hall–Kier alpha value is -4.22. The zero-order valence-corrected chi connectivity index (χ0v) is 21.4. The van der Waals surface area contributed by atoms with Crippen LogP contribution in [0, 0.1) is 10.1 Å². The summed E-state index contributed by atoms with van der Waals surface area (Å²) in [5.41, 5.74) is 2.25. The van der Waals surface area contributed by atoms with Gasteiger partial charge in [-0.25, -0.2) is 9.78 Å². The summed E-state index contributed by atoms with van der Waals surface area (Å²) in [5, 5.41) is 17.5. The van der Waals surface area contributed by atoms with Gasteiger partial charge in [-0.3, -0.25) is 10.1 Å². The third-order valence-corrected chi connectivity index (χ3v) is 7.15. The Labute approximate surface area is 220 Å². The van der Waals surface area contributed by atoms with Crippen molar-refractivity contribution in [1.29, 1.82) is 0 Å². The minimum absolute atomic E-state index is 0.0161. The SMILES string of the molecule is C=CCNc1nc(N2CCN(C(=O)NC3CCCCC3)CC2)nc2c1ncn2Cc1ccc([N+](=O)[O-])cc1. The van der Waals surface area contributed by atoms with Gasteiger partial charge in [0.05, 0.1) is 17.8 Å². The molecule has 2 fully saturated rings. The van der Waals surface area contributed by atoms with Crippen molar-refractivity contribution < 1.29 is 9.72 Å². The van der Waals surface area contributed by atoms with Crippen molar-refractivity contribution in [3.8, 4) is 0 Å². The topological polar surface area (TPSA) is 134 Å². The molecule has 1 aliphatic heterocycles. The molecule has 3 heterocycles. The van der Waals surface area contributed by atoms with Crippen LogP contribution in [0.1, 0.15) is 37.7 Å². The highest BCUT2D eigenvalue weighted by atomic mass is 16.6. The van der Waals surface area contributed by atoms with E-state index in [1.54, 1.807) is 24.5 Å². The molecule has 0 atom stereocenters. The number of non-ortho nitro benzene ring substituents is 1. The molecule has 2 aliphatic rings. The number of carbonyl (C=O) groups is 1. The molecule has 2 aromatic heterocycles. The van der Waals surface area contributed by atoms with Crippen molar-refractivity contribution in [3.63, 3.8) is 0 Å². The highest BCUT2D eigenvalue weighted by Gasteiger charge is 2.26. The molecule has 200 valence electrons. The molecule has 12 heteroatoms. The van der Waals surface area contributed by atoms with Crippen LogP contribution < -0.4 is 15.5 Å². The van der Waals surface area contributed by atoms with E-state index in [0.717, 1.165) is 18.4 Å². The first-order chi connectivity index (χ1) is 18.5. The summed E-state index contributed by atoms with van der Waals surface area (Å²) < 4.78 is 1.91. The third kappa shape index (κ3) is 5.68. The van der Waals surface area contributed by atoms with E-state index in [4.69, 9.17) is 9.97 Å². The molecule has 2 N–H and O–H groups in total. The van der Waals surface area contributed by atoms with Gasteiger partial charge in [-0.2, -0.15) is 9.97 Å². The van der Waals surface area contributed by atoms with Crippen LogP contribution in [0.25, 0.3) is 11.2 Å². The fraction of sp³-hybridized carbons (Fsp3) is 0.462. The minimum atomic E-state index is -0.410. The smallest absolute Gasteiger partial charge is 0.317 e. The molecule has 2 amide bonds. The number of rotatable bonds is 8. The number of imidazole rings is 1. The van der Waals surface area contributed by atoms with Gasteiger partial charge < -0.3 is 25.0 Å². The lowest BCUT2D eigenvalue weighted by molar-refractivity contribution is -0.384. The Bertz CT molecular complexity index is 1290. The summed E-state index contributed by atoms with van der Waals surface area (Å²) in [6.45, 7) is 7.21. The molecule has 3 aromatic rings. The molecule has 5 rings (SSSR count). The number of nitro groups is 1. The van der Waals surface area contributed by atoms with Gasteiger partial charge in [0.15, 0.2) is 17.0 Å². The van der Waals surface area contributed by atoms with Gasteiger partial charge in [0.2, 0.25) is 5.95 Å². The highest BCUT2D eigenvalue weighted by Crippen LogP contribution is 2.25. The lowest BCUT2D eigenvalue weighted by Gasteiger charge is -2.36. The van der Waals surface area contributed by atoms with Gasteiger partial charge in [0, 0.05) is 50.9 Å². The van der Waals surface area contributed by atoms with Crippen LogP contribution >= 0.6 is 0 Å². The van der Waals surface area contributed by atoms with Crippen LogP contribution in [-0.4, -0.2) is 74.1 Å². The van der Waals surface area contributed by atoms with Crippen LogP contribution in [0.5, 0.6) is 0 Å². The van der Waals surface area contributed by atoms with Crippen molar-refractivity contribution in [3.05, 3.63) is 58.9 Å². The maximum atomic E-state index is 12.8. The molecule has 0 bridgehead atoms. The summed E-state index contributed by atoms with van der Waals surface area (Å²) in [6.07, 6.45) is 9.21. The largest absolute Gasteiger partial charge is 0.365 e. The van der Waals surface area contributed by atoms with Crippen LogP contribution in [0.4, 0.5) is 22.2 Å². The summed E-state index contributed by atoms with van der Waals surface area (Å²) in [7, 11) is 0. The second-order valence-corrected chi connectivity index (χ2v) is 9.77. The highest BCUT2D eigenvalue weighted by molar-refractivity contribution is 5.84. The van der Waals surface area contributed by atoms with E-state index in [0.29, 0.717) is 62.2 Å². The lowest BCUT2D eigenvalue weighted by Crippen LogP contribution is -2.54. The first-order valence-electron chi connectivity index (χ1n) is 13.1. The Morgan fingerprint density at radius 2 is 1.84 bits per heavy atom. The van der Waals surface area contributed by atoms with Crippen LogP contribution in [0.15, 0.2) is 43.2 Å². The Kier molecular flexibility index (Phi) is 7.66. The van der Waals surface area contributed by atoms with Gasteiger partial charge in [-0.15, -0.1) is 6.58 Å². The average Bonchev–Trinajstić information content (AvgIpc) is 3.35. The van der Waals surface area contributed by atoms with Gasteiger partial charge in [0.1, 0.15) is 0 Å². The molecular formula is C26H33N9O3. The number of anilines is 2. The van der Waals surface area contributed by atoms with Crippen LogP contribution in [0.3, 0.4) is 0 Å². The number of amides is 2. The molecule has 12 nitrogen and oxygen atoms in total. The fourth-order valence-electron chi connectivity index (χ4n) is 5.02. The third-order valence-electron chi connectivity index (χ3n) is 7.15. The summed E-state index contributed by atoms with van der Waals surface area (Å²) >= 11 is 0. The van der Waals surface area contributed by atoms with E-state index in [1.807, 2.05) is 9.47 Å². The minimum Gasteiger partial charge on any atom is -0.365 e. The predicted molar refractivity (Wildman–Crippen MR) is 145 cm³/mol. The zero-order valence-electron chi connectivity index (χ0n) is 21.4. The molecule has 1 aliphatic carbocycles. The number of urea groups is 1. The molecular weight excluding hydrogens is 486 g/mol. The number of piperazine rings is 1. The molecule has 0 spiro atoms. The molecule has 1 saturated carbocycles. The molecule has 1 aromatic carbocycles. The van der Waals surface area contributed by atoms with Crippen molar-refractivity contribution >= 4 is 34.6 Å². The van der Waals surface area contributed by atoms with Gasteiger partial charge in [-0.1, -0.05) is 37.5 Å². The van der Waals surface area contributed by atoms with Crippen molar-refractivity contribution in [1.82, 2.24) is 29.7 Å². The number of nitro benzene ring substituents is 1. The molecule has 38 heavy (non-hydrogen) atoms.